The third-order valence-corrected chi connectivity index (χ3v) is 3.85. The number of hydrogen-bond donors (Lipinski definition) is 0. The summed E-state index contributed by atoms with van der Waals surface area (Å²) < 4.78 is 6.03. The molecule has 0 saturated carbocycles. The van der Waals surface area contributed by atoms with Crippen LogP contribution in [0.5, 0.6) is 0 Å². The minimum absolute atomic E-state index is 0.502. The molecule has 0 spiro atoms. The summed E-state index contributed by atoms with van der Waals surface area (Å²) >= 11 is 0. The van der Waals surface area contributed by atoms with E-state index in [-0.39, 0.29) is 0 Å². The van der Waals surface area contributed by atoms with Crippen LogP contribution >= 0.6 is 0 Å². The molecule has 108 valence electrons. The highest BCUT2D eigenvalue weighted by atomic mass is 16.3. The highest BCUT2D eigenvalue weighted by Gasteiger charge is 2.17. The van der Waals surface area contributed by atoms with Crippen LogP contribution in [-0.4, -0.2) is 19.9 Å². The topological polar surface area (TPSA) is 64.7 Å². The number of aromatic nitrogens is 4. The van der Waals surface area contributed by atoms with Crippen molar-refractivity contribution in [3.8, 4) is 11.6 Å². The first-order valence-electron chi connectivity index (χ1n) is 7.25. The van der Waals surface area contributed by atoms with Gasteiger partial charge in [0.25, 0.3) is 0 Å². The maximum absolute atomic E-state index is 6.03. The number of benzene rings is 1. The average molecular weight is 298 g/mol. The largest absolute Gasteiger partial charge is 0.434 e. The molecule has 5 nitrogen and oxygen atoms in total. The number of oxazole rings is 1. The van der Waals surface area contributed by atoms with E-state index < -0.39 is 0 Å². The zero-order valence-electron chi connectivity index (χ0n) is 12.0. The van der Waals surface area contributed by atoms with Gasteiger partial charge in [0.15, 0.2) is 5.58 Å². The molecule has 4 heterocycles. The minimum atomic E-state index is 0.502. The van der Waals surface area contributed by atoms with E-state index in [4.69, 9.17) is 4.42 Å². The summed E-state index contributed by atoms with van der Waals surface area (Å²) in [4.78, 5) is 17.9. The summed E-state index contributed by atoms with van der Waals surface area (Å²) in [7, 11) is 0. The van der Waals surface area contributed by atoms with Gasteiger partial charge >= 0.3 is 0 Å². The molecule has 0 fully saturated rings. The van der Waals surface area contributed by atoms with E-state index in [1.165, 1.54) is 0 Å². The van der Waals surface area contributed by atoms with Crippen LogP contribution in [0.15, 0.2) is 65.5 Å². The van der Waals surface area contributed by atoms with Crippen LogP contribution in [-0.2, 0) is 0 Å². The fourth-order valence-electron chi connectivity index (χ4n) is 2.85. The maximum atomic E-state index is 6.03. The molecule has 0 unspecified atom stereocenters. The lowest BCUT2D eigenvalue weighted by Gasteiger charge is -2.02. The number of nitrogens with zero attached hydrogens (tertiary/aromatic N) is 4. The monoisotopic (exact) mass is 298 g/mol. The molecule has 0 aliphatic carbocycles. The van der Waals surface area contributed by atoms with Crippen LogP contribution in [0.2, 0.25) is 0 Å². The quantitative estimate of drug-likeness (QED) is 0.438. The predicted octanol–water partition coefficient (Wildman–Crippen LogP) is 3.99. The molecule has 23 heavy (non-hydrogen) atoms. The Morgan fingerprint density at radius 1 is 0.652 bits per heavy atom. The van der Waals surface area contributed by atoms with Crippen LogP contribution in [0, 0.1) is 0 Å². The highest BCUT2D eigenvalue weighted by molar-refractivity contribution is 6.20. The third-order valence-electron chi connectivity index (χ3n) is 3.85. The average Bonchev–Trinajstić information content (AvgIpc) is 3.09. The van der Waals surface area contributed by atoms with Crippen molar-refractivity contribution >= 4 is 32.9 Å². The fourth-order valence-corrected chi connectivity index (χ4v) is 2.85. The highest BCUT2D eigenvalue weighted by Crippen LogP contribution is 2.34. The third kappa shape index (κ3) is 1.73. The number of fused-ring (bicyclic) bond motifs is 6. The van der Waals surface area contributed by atoms with Gasteiger partial charge < -0.3 is 4.42 Å². The minimum Gasteiger partial charge on any atom is -0.434 e. The van der Waals surface area contributed by atoms with Gasteiger partial charge in [-0.15, -0.1) is 0 Å². The molecule has 0 atom stereocenters. The molecule has 0 bridgehead atoms. The molecule has 0 radical (unpaired) electrons. The Hall–Kier alpha value is -3.34. The Labute approximate surface area is 130 Å². The van der Waals surface area contributed by atoms with E-state index in [1.807, 2.05) is 42.5 Å². The first-order valence-corrected chi connectivity index (χ1v) is 7.25. The van der Waals surface area contributed by atoms with E-state index in [0.717, 1.165) is 27.3 Å². The molecular weight excluding hydrogens is 288 g/mol. The molecule has 0 N–H and O–H groups in total. The van der Waals surface area contributed by atoms with Crippen molar-refractivity contribution in [2.24, 2.45) is 0 Å². The smallest absolute Gasteiger partial charge is 0.246 e. The van der Waals surface area contributed by atoms with Gasteiger partial charge in [-0.2, -0.15) is 0 Å². The second-order valence-corrected chi connectivity index (χ2v) is 5.21. The molecule has 5 rings (SSSR count). The Morgan fingerprint density at radius 2 is 1.39 bits per heavy atom. The summed E-state index contributed by atoms with van der Waals surface area (Å²) in [5, 5.41) is 1.84. The van der Waals surface area contributed by atoms with Gasteiger partial charge in [-0.1, -0.05) is 6.07 Å². The van der Waals surface area contributed by atoms with Gasteiger partial charge in [-0.3, -0.25) is 15.0 Å². The van der Waals surface area contributed by atoms with Crippen molar-refractivity contribution in [1.29, 1.82) is 0 Å². The summed E-state index contributed by atoms with van der Waals surface area (Å²) in [6.45, 7) is 0. The molecule has 0 aliphatic rings. The summed E-state index contributed by atoms with van der Waals surface area (Å²) in [5.74, 6) is 0.502. The van der Waals surface area contributed by atoms with E-state index in [9.17, 15) is 0 Å². The van der Waals surface area contributed by atoms with E-state index >= 15 is 0 Å². The molecule has 1 aromatic carbocycles. The number of hydrogen-bond acceptors (Lipinski definition) is 5. The van der Waals surface area contributed by atoms with Gasteiger partial charge in [-0.25, -0.2) is 4.98 Å². The van der Waals surface area contributed by atoms with Crippen LogP contribution < -0.4 is 0 Å². The molecule has 0 amide bonds. The van der Waals surface area contributed by atoms with Crippen LogP contribution in [0.3, 0.4) is 0 Å². The van der Waals surface area contributed by atoms with Gasteiger partial charge in [0, 0.05) is 29.4 Å². The number of pyridine rings is 3. The Bertz CT molecular complexity index is 1090. The van der Waals surface area contributed by atoms with Crippen molar-refractivity contribution in [3.63, 3.8) is 0 Å². The van der Waals surface area contributed by atoms with Gasteiger partial charge in [-0.05, 0) is 36.4 Å². The fraction of sp³-hybridized carbons (Fsp3) is 0. The zero-order valence-corrected chi connectivity index (χ0v) is 12.0. The summed E-state index contributed by atoms with van der Waals surface area (Å²) in [5.41, 5.74) is 3.86. The molecule has 0 aliphatic heterocycles. The Morgan fingerprint density at radius 3 is 2.17 bits per heavy atom. The summed E-state index contributed by atoms with van der Waals surface area (Å²) in [6, 6.07) is 13.4. The second-order valence-electron chi connectivity index (χ2n) is 5.21. The van der Waals surface area contributed by atoms with Crippen molar-refractivity contribution in [3.05, 3.63) is 61.1 Å². The lowest BCUT2D eigenvalue weighted by Crippen LogP contribution is -1.86. The first kappa shape index (κ1) is 12.2. The van der Waals surface area contributed by atoms with Crippen LogP contribution in [0.4, 0.5) is 0 Å². The van der Waals surface area contributed by atoms with E-state index in [2.05, 4.69) is 19.9 Å². The SMILES string of the molecule is c1ccc(-c2nc3c4cccnc4c4ncccc4c3o2)nc1. The van der Waals surface area contributed by atoms with E-state index in [0.29, 0.717) is 17.2 Å². The van der Waals surface area contributed by atoms with Crippen molar-refractivity contribution in [2.75, 3.05) is 0 Å². The normalized spacial score (nSPS) is 11.5. The standard InChI is InChI=1S/C18H10N4O/c1-2-8-19-13(7-1)18-22-16-11-5-3-9-20-14(11)15-12(17(16)23-18)6-4-10-21-15/h1-10H. The van der Waals surface area contributed by atoms with Crippen LogP contribution in [0.25, 0.3) is 44.5 Å². The molecular formula is C18H10N4O. The molecule has 4 aromatic heterocycles. The Kier molecular flexibility index (Phi) is 2.43. The lowest BCUT2D eigenvalue weighted by atomic mass is 10.1. The van der Waals surface area contributed by atoms with Crippen molar-refractivity contribution < 1.29 is 4.42 Å². The van der Waals surface area contributed by atoms with Gasteiger partial charge in [0.1, 0.15) is 16.7 Å². The second kappa shape index (κ2) is 4.58. The van der Waals surface area contributed by atoms with Gasteiger partial charge in [0.05, 0.1) is 5.52 Å². The first-order chi connectivity index (χ1) is 11.4. The van der Waals surface area contributed by atoms with Crippen molar-refractivity contribution in [2.45, 2.75) is 0 Å². The molecule has 5 aromatic rings. The molecule has 5 heteroatoms. The lowest BCUT2D eigenvalue weighted by molar-refractivity contribution is 0.620. The predicted molar refractivity (Wildman–Crippen MR) is 87.8 cm³/mol. The summed E-state index contributed by atoms with van der Waals surface area (Å²) in [6.07, 6.45) is 5.25. The van der Waals surface area contributed by atoms with Crippen LogP contribution in [0.1, 0.15) is 0 Å². The van der Waals surface area contributed by atoms with Crippen molar-refractivity contribution in [1.82, 2.24) is 19.9 Å². The Balaban J connectivity index is 1.99. The zero-order chi connectivity index (χ0) is 15.2. The van der Waals surface area contributed by atoms with E-state index in [1.54, 1.807) is 18.6 Å². The maximum Gasteiger partial charge on any atom is 0.246 e. The number of rotatable bonds is 1. The molecule has 0 saturated heterocycles. The van der Waals surface area contributed by atoms with Gasteiger partial charge in [0.2, 0.25) is 5.89 Å².